The Hall–Kier alpha value is -4.97. The van der Waals surface area contributed by atoms with Crippen LogP contribution in [0.15, 0.2) is 60.9 Å². The number of carbonyl (C=O) groups excluding carboxylic acids is 2. The lowest BCUT2D eigenvalue weighted by molar-refractivity contribution is 0.102. The fraction of sp³-hybridized carbons (Fsp3) is 0.378. The fourth-order valence-corrected chi connectivity index (χ4v) is 9.10. The third kappa shape index (κ3) is 19.3. The van der Waals surface area contributed by atoms with Crippen molar-refractivity contribution < 1.29 is 19.8 Å². The largest absolute Gasteiger partial charge is 0.395 e. The van der Waals surface area contributed by atoms with Crippen molar-refractivity contribution in [2.45, 2.75) is 34.6 Å². The Bertz CT molecular complexity index is 2680. The zero-order valence-electron chi connectivity index (χ0n) is 42.1. The number of amides is 2. The van der Waals surface area contributed by atoms with Crippen LogP contribution in [0, 0.1) is 34.6 Å². The Kier molecular flexibility index (Phi) is 24.7. The van der Waals surface area contributed by atoms with Crippen molar-refractivity contribution in [3.8, 4) is 0 Å². The monoisotopic (exact) mass is 1070 g/mol. The van der Waals surface area contributed by atoms with E-state index in [4.69, 9.17) is 64.4 Å². The number of aliphatic hydroxyl groups is 2. The molecule has 377 valence electrons. The lowest BCUT2D eigenvalue weighted by atomic mass is 8.76. The van der Waals surface area contributed by atoms with Crippen LogP contribution in [0.5, 0.6) is 0 Å². The molecule has 2 amide bonds. The van der Waals surface area contributed by atoms with Gasteiger partial charge in [-0.3, -0.25) is 19.4 Å². The Morgan fingerprint density at radius 1 is 0.703 bits per heavy atom. The average molecular weight is 1070 g/mol. The fourth-order valence-electron chi connectivity index (χ4n) is 7.13. The molecule has 74 heavy (non-hydrogen) atoms. The molecule has 7 N–H and O–H groups in total. The molecule has 0 aliphatic carbocycles. The van der Waals surface area contributed by atoms with E-state index in [1.165, 1.54) is 42.1 Å². The highest BCUT2D eigenvalue weighted by atomic mass is 35.5. The van der Waals surface area contributed by atoms with Gasteiger partial charge in [0, 0.05) is 134 Å². The van der Waals surface area contributed by atoms with Crippen LogP contribution in [0.25, 0.3) is 0 Å². The quantitative estimate of drug-likeness (QED) is 0.0722. The van der Waals surface area contributed by atoms with Crippen molar-refractivity contribution in [3.05, 3.63) is 109 Å². The predicted octanol–water partition coefficient (Wildman–Crippen LogP) is 4.04. The molecule has 0 bridgehead atoms. The summed E-state index contributed by atoms with van der Waals surface area (Å²) in [6, 6.07) is 14.7. The number of para-hydroxylation sites is 2. The summed E-state index contributed by atoms with van der Waals surface area (Å²) in [6.07, 6.45) is 2.13. The molecular formula is C45H56B7Cl2N14O4S2. The van der Waals surface area contributed by atoms with Gasteiger partial charge in [0.05, 0.1) is 47.0 Å². The minimum absolute atomic E-state index is 0.173. The van der Waals surface area contributed by atoms with E-state index in [9.17, 15) is 9.59 Å². The maximum atomic E-state index is 12.7. The molecule has 2 aromatic carbocycles. The first-order chi connectivity index (χ1) is 35.5. The van der Waals surface area contributed by atoms with Gasteiger partial charge < -0.3 is 41.7 Å². The second-order valence-electron chi connectivity index (χ2n) is 16.9. The molecule has 0 spiro atoms. The Balaban J connectivity index is 0.000000215. The molecule has 9 radical (unpaired) electrons. The number of hydrogen-bond acceptors (Lipinski definition) is 18. The van der Waals surface area contributed by atoms with E-state index >= 15 is 0 Å². The number of thiazole rings is 2. The van der Waals surface area contributed by atoms with E-state index in [1.54, 1.807) is 12.1 Å². The topological polar surface area (TPSA) is 222 Å². The molecule has 4 aromatic heterocycles. The van der Waals surface area contributed by atoms with Gasteiger partial charge in [-0.25, -0.2) is 29.9 Å². The highest BCUT2D eigenvalue weighted by Gasteiger charge is 2.20. The van der Waals surface area contributed by atoms with Crippen LogP contribution in [0.4, 0.5) is 39.1 Å². The van der Waals surface area contributed by atoms with Gasteiger partial charge in [0.15, 0.2) is 10.3 Å². The molecule has 0 unspecified atom stereocenters. The number of nitrogens with zero attached hydrogens (tertiary/aromatic N) is 9. The summed E-state index contributed by atoms with van der Waals surface area (Å²) in [7, 11) is 21.6. The SMILES string of the molecule is Cc1cc(Nc2ncc(C(=O)Nc3c(C)cccc3Cl)s2)nc(C)n1.Cc1nc(Nc2ncc(C(=O)Nc3c(C)cccc3Cl)s2)cc(N2CCN(CCO)CC2)n1.OCCN1CCNCC1.[B][B]B([B])B([B])[B]. The number of anilines is 7. The molecule has 0 saturated carbocycles. The lowest BCUT2D eigenvalue weighted by Crippen LogP contribution is -2.47. The number of aromatic nitrogens is 6. The molecule has 6 aromatic rings. The number of carbonyl (C=O) groups is 2. The summed E-state index contributed by atoms with van der Waals surface area (Å²) in [4.78, 5) is 58.9. The first kappa shape index (κ1) is 59.9. The van der Waals surface area contributed by atoms with Crippen molar-refractivity contribution >= 4 is 148 Å². The number of rotatable bonds is 15. The summed E-state index contributed by atoms with van der Waals surface area (Å²) in [6.45, 7) is 19.1. The van der Waals surface area contributed by atoms with Crippen LogP contribution >= 0.6 is 45.9 Å². The second-order valence-corrected chi connectivity index (χ2v) is 19.8. The van der Waals surface area contributed by atoms with Crippen LogP contribution in [0.1, 0.15) is 47.8 Å². The normalized spacial score (nSPS) is 13.4. The molecule has 6 heterocycles. The molecule has 2 saturated heterocycles. The molecule has 2 aliphatic rings. The van der Waals surface area contributed by atoms with Crippen molar-refractivity contribution in [1.29, 1.82) is 0 Å². The number of β-amino-alcohol motifs (C(OH)–C–C–N with tert-alkyl or cyclic N) is 2. The second kappa shape index (κ2) is 30.6. The molecule has 2 aliphatic heterocycles. The summed E-state index contributed by atoms with van der Waals surface area (Å²) in [5.41, 5.74) is 3.86. The van der Waals surface area contributed by atoms with Crippen molar-refractivity contribution in [3.63, 3.8) is 0 Å². The van der Waals surface area contributed by atoms with Crippen LogP contribution in [0.2, 0.25) is 10.0 Å². The van der Waals surface area contributed by atoms with Crippen LogP contribution in [-0.4, -0.2) is 191 Å². The maximum absolute atomic E-state index is 12.7. The van der Waals surface area contributed by atoms with E-state index < -0.39 is 6.39 Å². The number of nitrogens with one attached hydrogen (secondary N) is 5. The molecule has 2 fully saturated rings. The van der Waals surface area contributed by atoms with Crippen LogP contribution < -0.4 is 31.5 Å². The first-order valence-electron chi connectivity index (χ1n) is 23.7. The summed E-state index contributed by atoms with van der Waals surface area (Å²) in [5, 5.41) is 35.1. The van der Waals surface area contributed by atoms with E-state index in [-0.39, 0.29) is 24.8 Å². The van der Waals surface area contributed by atoms with Crippen LogP contribution in [0.3, 0.4) is 0 Å². The van der Waals surface area contributed by atoms with Gasteiger partial charge in [-0.2, -0.15) is 0 Å². The molecule has 18 nitrogen and oxygen atoms in total. The van der Waals surface area contributed by atoms with Crippen molar-refractivity contribution in [2.24, 2.45) is 0 Å². The number of piperazine rings is 2. The van der Waals surface area contributed by atoms with Gasteiger partial charge in [-0.15, -0.1) is 0 Å². The van der Waals surface area contributed by atoms with Gasteiger partial charge in [-0.1, -0.05) is 70.1 Å². The maximum Gasteiger partial charge on any atom is 0.267 e. The van der Waals surface area contributed by atoms with Crippen LogP contribution in [-0.2, 0) is 0 Å². The average Bonchev–Trinajstić information content (AvgIpc) is 4.05. The number of halogens is 2. The third-order valence-electron chi connectivity index (χ3n) is 11.0. The first-order valence-corrected chi connectivity index (χ1v) is 26.1. The summed E-state index contributed by atoms with van der Waals surface area (Å²) in [5.74, 6) is 2.92. The predicted molar refractivity (Wildman–Crippen MR) is 310 cm³/mol. The number of hydrogen-bond donors (Lipinski definition) is 7. The van der Waals surface area contributed by atoms with Gasteiger partial charge >= 0.3 is 0 Å². The lowest BCUT2D eigenvalue weighted by Gasteiger charge is -2.35. The van der Waals surface area contributed by atoms with Crippen molar-refractivity contribution in [2.75, 3.05) is 105 Å². The van der Waals surface area contributed by atoms with E-state index in [2.05, 4.69) is 71.2 Å². The number of benzene rings is 2. The Morgan fingerprint density at radius 2 is 1.18 bits per heavy atom. The molecule has 8 rings (SSSR count). The zero-order chi connectivity index (χ0) is 53.7. The highest BCUT2D eigenvalue weighted by molar-refractivity contribution is 7.81. The molecule has 29 heteroatoms. The Morgan fingerprint density at radius 3 is 1.61 bits per heavy atom. The standard InChI is InChI=1S/C22H26ClN7O2S.C17H16ClN5OS.C6H14N2O.B7/c1-14-4-3-5-16(23)20(14)28-21(32)17-13-24-22(33-17)27-18-12-19(26-15(2)25-18)30-8-6-29(7-9-30)10-11-31;1-9-5-4-6-12(18)15(9)23-16(24)13-8-19-17(25-13)22-14-7-10(2)20-11(3)21-14;9-6-5-8-3-1-7-2-4-8;1-5-7(4)6(2)3/h3-5,12-13,31H,6-11H2,1-2H3,(H,28,32)(H,24,25,26,27);4-8H,1-3H3,(H,23,24)(H,19,20,21,22);7,9H,1-6H2;. The molecule has 0 atom stereocenters. The minimum atomic E-state index is -0.537. The smallest absolute Gasteiger partial charge is 0.267 e. The minimum Gasteiger partial charge on any atom is -0.395 e. The number of aliphatic hydroxyl groups excluding tert-OH is 2. The summed E-state index contributed by atoms with van der Waals surface area (Å²) >= 11 is 14.8. The van der Waals surface area contributed by atoms with Gasteiger partial charge in [0.25, 0.3) is 11.8 Å². The van der Waals surface area contributed by atoms with E-state index in [0.717, 1.165) is 81.5 Å². The zero-order valence-corrected chi connectivity index (χ0v) is 45.3. The van der Waals surface area contributed by atoms with Crippen molar-refractivity contribution in [1.82, 2.24) is 45.0 Å². The Labute approximate surface area is 458 Å². The van der Waals surface area contributed by atoms with E-state index in [1.807, 2.05) is 71.0 Å². The van der Waals surface area contributed by atoms with Gasteiger partial charge in [0.1, 0.15) is 38.9 Å². The van der Waals surface area contributed by atoms with E-state index in [0.29, 0.717) is 77.9 Å². The van der Waals surface area contributed by atoms with Gasteiger partial charge in [-0.05, 0) is 57.9 Å². The third-order valence-corrected chi connectivity index (χ3v) is 13.5. The molecular weight excluding hydrogens is 1010 g/mol. The highest BCUT2D eigenvalue weighted by Crippen LogP contribution is 2.30. The number of aryl methyl sites for hydroxylation is 5. The van der Waals surface area contributed by atoms with Gasteiger partial charge in [0.2, 0.25) is 0 Å². The summed E-state index contributed by atoms with van der Waals surface area (Å²) < 4.78 is 0.